The molecule has 0 fully saturated rings. The zero-order valence-electron chi connectivity index (χ0n) is 12.3. The monoisotopic (exact) mass is 326 g/mol. The third-order valence-corrected chi connectivity index (χ3v) is 4.29. The van der Waals surface area contributed by atoms with Crippen LogP contribution in [0.2, 0.25) is 5.02 Å². The average Bonchev–Trinajstić information content (AvgIpc) is 2.79. The number of H-pyrrole nitrogens is 1. The molecular formula is C14H19ClN4OS. The van der Waals surface area contributed by atoms with Crippen LogP contribution in [0.5, 0.6) is 0 Å². The molecule has 0 unspecified atom stereocenters. The quantitative estimate of drug-likeness (QED) is 0.856. The molecule has 2 N–H and O–H groups in total. The van der Waals surface area contributed by atoms with Gasteiger partial charge in [0, 0.05) is 22.5 Å². The highest BCUT2D eigenvalue weighted by molar-refractivity contribution is 7.99. The van der Waals surface area contributed by atoms with Crippen molar-refractivity contribution in [2.24, 2.45) is 0 Å². The predicted octanol–water partition coefficient (Wildman–Crippen LogP) is 3.07. The smallest absolute Gasteiger partial charge is 0.313 e. The van der Waals surface area contributed by atoms with Gasteiger partial charge >= 0.3 is 5.69 Å². The van der Waals surface area contributed by atoms with Crippen molar-refractivity contribution in [1.29, 1.82) is 0 Å². The molecule has 0 aliphatic carbocycles. The normalized spacial score (nSPS) is 11.3. The summed E-state index contributed by atoms with van der Waals surface area (Å²) in [5.74, 6) is 0. The second kappa shape index (κ2) is 7.15. The van der Waals surface area contributed by atoms with Crippen LogP contribution in [0, 0.1) is 0 Å². The number of nitrogens with one attached hydrogen (secondary N) is 2. The molecular weight excluding hydrogens is 308 g/mol. The zero-order valence-corrected chi connectivity index (χ0v) is 13.9. The van der Waals surface area contributed by atoms with E-state index in [2.05, 4.69) is 22.4 Å². The molecule has 0 atom stereocenters. The highest BCUT2D eigenvalue weighted by Gasteiger charge is 2.14. The number of aromatic nitrogens is 3. The lowest BCUT2D eigenvalue weighted by Crippen LogP contribution is -2.19. The minimum absolute atomic E-state index is 0.0511. The van der Waals surface area contributed by atoms with Gasteiger partial charge in [-0.25, -0.2) is 9.89 Å². The van der Waals surface area contributed by atoms with E-state index in [1.807, 2.05) is 32.0 Å². The highest BCUT2D eigenvalue weighted by Crippen LogP contribution is 2.31. The van der Waals surface area contributed by atoms with E-state index in [0.717, 1.165) is 23.5 Å². The van der Waals surface area contributed by atoms with Crippen LogP contribution >= 0.6 is 23.4 Å². The van der Waals surface area contributed by atoms with Crippen molar-refractivity contribution < 1.29 is 0 Å². The summed E-state index contributed by atoms with van der Waals surface area (Å²) >= 11 is 7.54. The highest BCUT2D eigenvalue weighted by atomic mass is 35.5. The maximum atomic E-state index is 11.8. The molecule has 1 aromatic heterocycles. The lowest BCUT2D eigenvalue weighted by Gasteiger charge is -2.12. The van der Waals surface area contributed by atoms with E-state index >= 15 is 0 Å². The first kappa shape index (κ1) is 16.1. The van der Waals surface area contributed by atoms with Crippen molar-refractivity contribution in [3.8, 4) is 0 Å². The molecule has 114 valence electrons. The summed E-state index contributed by atoms with van der Waals surface area (Å²) in [4.78, 5) is 12.8. The van der Waals surface area contributed by atoms with Crippen LogP contribution in [0.25, 0.3) is 0 Å². The molecule has 0 bridgehead atoms. The van der Waals surface area contributed by atoms with Crippen LogP contribution < -0.4 is 11.0 Å². The van der Waals surface area contributed by atoms with Gasteiger partial charge in [0.2, 0.25) is 0 Å². The van der Waals surface area contributed by atoms with Gasteiger partial charge in [-0.3, -0.25) is 4.57 Å². The standard InChI is InChI=1S/C14H19ClN4OS/c1-4-16-8-10-5-6-11(15)7-12(10)21-14-18-17-13(20)19(14)9(2)3/h5-7,9,16H,4,8H2,1-3H3,(H,17,20). The molecule has 5 nitrogen and oxygen atoms in total. The molecule has 2 rings (SSSR count). The summed E-state index contributed by atoms with van der Waals surface area (Å²) in [6.45, 7) is 7.63. The predicted molar refractivity (Wildman–Crippen MR) is 86.2 cm³/mol. The van der Waals surface area contributed by atoms with Crippen LogP contribution in [-0.4, -0.2) is 21.3 Å². The molecule has 0 amide bonds. The molecule has 0 saturated carbocycles. The molecule has 21 heavy (non-hydrogen) atoms. The number of nitrogens with zero attached hydrogens (tertiary/aromatic N) is 2. The molecule has 1 aromatic carbocycles. The first-order valence-corrected chi connectivity index (χ1v) is 8.06. The van der Waals surface area contributed by atoms with Gasteiger partial charge < -0.3 is 5.32 Å². The van der Waals surface area contributed by atoms with Gasteiger partial charge in [0.25, 0.3) is 0 Å². The molecule has 1 heterocycles. The summed E-state index contributed by atoms with van der Waals surface area (Å²) in [6.07, 6.45) is 0. The Morgan fingerprint density at radius 2 is 2.24 bits per heavy atom. The SMILES string of the molecule is CCNCc1ccc(Cl)cc1Sc1n[nH]c(=O)n1C(C)C. The van der Waals surface area contributed by atoms with Gasteiger partial charge in [0.1, 0.15) is 0 Å². The Kier molecular flexibility index (Phi) is 5.50. The van der Waals surface area contributed by atoms with Crippen LogP contribution in [0.4, 0.5) is 0 Å². The molecule has 0 aliphatic heterocycles. The second-order valence-corrected chi connectivity index (χ2v) is 6.36. The summed E-state index contributed by atoms with van der Waals surface area (Å²) < 4.78 is 1.64. The fourth-order valence-corrected chi connectivity index (χ4v) is 3.32. The number of hydrogen-bond acceptors (Lipinski definition) is 4. The van der Waals surface area contributed by atoms with Crippen molar-refractivity contribution in [2.45, 2.75) is 43.4 Å². The largest absolute Gasteiger partial charge is 0.344 e. The summed E-state index contributed by atoms with van der Waals surface area (Å²) in [5, 5.41) is 11.2. The molecule has 0 aliphatic rings. The van der Waals surface area contributed by atoms with Crippen molar-refractivity contribution in [3.63, 3.8) is 0 Å². The van der Waals surface area contributed by atoms with E-state index in [-0.39, 0.29) is 11.7 Å². The lowest BCUT2D eigenvalue weighted by molar-refractivity contribution is 0.534. The number of hydrogen-bond donors (Lipinski definition) is 2. The Morgan fingerprint density at radius 3 is 2.90 bits per heavy atom. The maximum Gasteiger partial charge on any atom is 0.344 e. The Hall–Kier alpha value is -1.24. The Labute approximate surface area is 133 Å². The average molecular weight is 327 g/mol. The number of benzene rings is 1. The van der Waals surface area contributed by atoms with Crippen LogP contribution in [0.3, 0.4) is 0 Å². The molecule has 0 radical (unpaired) electrons. The van der Waals surface area contributed by atoms with E-state index in [1.54, 1.807) is 4.57 Å². The fraction of sp³-hybridized carbons (Fsp3) is 0.429. The first-order chi connectivity index (χ1) is 10.0. The van der Waals surface area contributed by atoms with E-state index in [1.165, 1.54) is 11.8 Å². The van der Waals surface area contributed by atoms with E-state index in [9.17, 15) is 4.79 Å². The van der Waals surface area contributed by atoms with Gasteiger partial charge in [-0.05, 0) is 49.9 Å². The van der Waals surface area contributed by atoms with Crippen molar-refractivity contribution in [2.75, 3.05) is 6.54 Å². The van der Waals surface area contributed by atoms with Crippen LogP contribution in [0.15, 0.2) is 33.0 Å². The Balaban J connectivity index is 2.34. The third kappa shape index (κ3) is 3.90. The van der Waals surface area contributed by atoms with Gasteiger partial charge in [-0.1, -0.05) is 24.6 Å². The van der Waals surface area contributed by atoms with Gasteiger partial charge in [-0.15, -0.1) is 5.10 Å². The third-order valence-electron chi connectivity index (χ3n) is 2.98. The topological polar surface area (TPSA) is 62.7 Å². The molecule has 0 spiro atoms. The fourth-order valence-electron chi connectivity index (χ4n) is 1.95. The minimum atomic E-state index is -0.192. The van der Waals surface area contributed by atoms with E-state index in [0.29, 0.717) is 10.2 Å². The van der Waals surface area contributed by atoms with Crippen molar-refractivity contribution >= 4 is 23.4 Å². The van der Waals surface area contributed by atoms with E-state index < -0.39 is 0 Å². The maximum absolute atomic E-state index is 11.8. The lowest BCUT2D eigenvalue weighted by atomic mass is 10.2. The summed E-state index contributed by atoms with van der Waals surface area (Å²) in [5.41, 5.74) is 0.944. The Morgan fingerprint density at radius 1 is 1.48 bits per heavy atom. The van der Waals surface area contributed by atoms with Crippen molar-refractivity contribution in [3.05, 3.63) is 39.3 Å². The van der Waals surface area contributed by atoms with Gasteiger partial charge in [0.05, 0.1) is 0 Å². The van der Waals surface area contributed by atoms with Crippen LogP contribution in [-0.2, 0) is 6.54 Å². The van der Waals surface area contributed by atoms with Crippen molar-refractivity contribution in [1.82, 2.24) is 20.1 Å². The summed E-state index contributed by atoms with van der Waals surface area (Å²) in [6, 6.07) is 5.83. The molecule has 0 saturated heterocycles. The zero-order chi connectivity index (χ0) is 15.4. The van der Waals surface area contributed by atoms with Crippen LogP contribution in [0.1, 0.15) is 32.4 Å². The molecule has 2 aromatic rings. The Bertz CT molecular complexity index is 665. The number of halogens is 1. The first-order valence-electron chi connectivity index (χ1n) is 6.86. The van der Waals surface area contributed by atoms with Gasteiger partial charge in [-0.2, -0.15) is 0 Å². The number of aromatic amines is 1. The molecule has 7 heteroatoms. The number of rotatable bonds is 6. The minimum Gasteiger partial charge on any atom is -0.313 e. The van der Waals surface area contributed by atoms with E-state index in [4.69, 9.17) is 11.6 Å². The van der Waals surface area contributed by atoms with Gasteiger partial charge in [0.15, 0.2) is 5.16 Å². The second-order valence-electron chi connectivity index (χ2n) is 4.91. The summed E-state index contributed by atoms with van der Waals surface area (Å²) in [7, 11) is 0.